The molecule has 1 aromatic carbocycles. The number of carbonyl (C=O) groups is 1. The van der Waals surface area contributed by atoms with E-state index in [1.165, 1.54) is 18.2 Å². The number of esters is 1. The predicted octanol–water partition coefficient (Wildman–Crippen LogP) is 1.86. The fourth-order valence-corrected chi connectivity index (χ4v) is 2.56. The van der Waals surface area contributed by atoms with Crippen molar-refractivity contribution in [3.63, 3.8) is 0 Å². The molecule has 1 fully saturated rings. The monoisotopic (exact) mass is 233 g/mol. The molecule has 1 saturated heterocycles. The Hall–Kier alpha value is -1.35. The average molecular weight is 233 g/mol. The van der Waals surface area contributed by atoms with Crippen molar-refractivity contribution in [1.29, 1.82) is 0 Å². The summed E-state index contributed by atoms with van der Waals surface area (Å²) in [6.45, 7) is 3.76. The molecule has 0 aliphatic carbocycles. The van der Waals surface area contributed by atoms with E-state index in [0.29, 0.717) is 6.54 Å². The lowest BCUT2D eigenvalue weighted by Crippen LogP contribution is -2.40. The molecule has 1 heterocycles. The van der Waals surface area contributed by atoms with E-state index in [0.717, 1.165) is 13.0 Å². The van der Waals surface area contributed by atoms with Gasteiger partial charge < -0.3 is 10.1 Å². The van der Waals surface area contributed by atoms with Gasteiger partial charge in [-0.2, -0.15) is 0 Å². The summed E-state index contributed by atoms with van der Waals surface area (Å²) in [6, 6.07) is 8.42. The van der Waals surface area contributed by atoms with Crippen LogP contribution in [0, 0.1) is 12.8 Å². The molecule has 1 aliphatic heterocycles. The largest absolute Gasteiger partial charge is 0.469 e. The molecule has 0 bridgehead atoms. The molecule has 0 radical (unpaired) electrons. The third kappa shape index (κ3) is 2.67. The van der Waals surface area contributed by atoms with Crippen LogP contribution in [0.3, 0.4) is 0 Å². The van der Waals surface area contributed by atoms with Crippen molar-refractivity contribution >= 4 is 5.97 Å². The summed E-state index contributed by atoms with van der Waals surface area (Å²) in [5.74, 6) is 0.114. The zero-order valence-electron chi connectivity index (χ0n) is 10.4. The lowest BCUT2D eigenvalue weighted by Gasteiger charge is -2.30. The Bertz CT molecular complexity index is 403. The minimum absolute atomic E-state index is 0.0597. The molecule has 0 spiro atoms. The van der Waals surface area contributed by atoms with Gasteiger partial charge in [-0.25, -0.2) is 0 Å². The Labute approximate surface area is 102 Å². The Morgan fingerprint density at radius 1 is 1.47 bits per heavy atom. The number of carbonyl (C=O) groups excluding carboxylic acids is 1. The minimum atomic E-state index is -0.108. The van der Waals surface area contributed by atoms with Crippen molar-refractivity contribution in [3.05, 3.63) is 35.4 Å². The molecule has 0 aromatic heterocycles. The van der Waals surface area contributed by atoms with Gasteiger partial charge in [0, 0.05) is 6.54 Å². The molecule has 1 aliphatic rings. The normalized spacial score (nSPS) is 24.4. The molecule has 1 aromatic rings. The van der Waals surface area contributed by atoms with Crippen LogP contribution in [0.4, 0.5) is 0 Å². The number of hydrogen-bond donors (Lipinski definition) is 1. The van der Waals surface area contributed by atoms with Crippen molar-refractivity contribution in [1.82, 2.24) is 5.32 Å². The number of rotatable bonds is 2. The van der Waals surface area contributed by atoms with E-state index in [2.05, 4.69) is 36.5 Å². The van der Waals surface area contributed by atoms with Crippen LogP contribution in [-0.2, 0) is 9.53 Å². The van der Waals surface area contributed by atoms with E-state index in [4.69, 9.17) is 4.74 Å². The molecule has 3 nitrogen and oxygen atoms in total. The van der Waals surface area contributed by atoms with E-state index < -0.39 is 0 Å². The Balaban J connectivity index is 2.24. The second-order valence-corrected chi connectivity index (χ2v) is 4.64. The summed E-state index contributed by atoms with van der Waals surface area (Å²) in [5, 5.41) is 3.26. The third-order valence-corrected chi connectivity index (χ3v) is 3.46. The van der Waals surface area contributed by atoms with Crippen LogP contribution >= 0.6 is 0 Å². The number of hydrogen-bond acceptors (Lipinski definition) is 3. The maximum atomic E-state index is 11.8. The van der Waals surface area contributed by atoms with E-state index in [-0.39, 0.29) is 17.8 Å². The van der Waals surface area contributed by atoms with Gasteiger partial charge >= 0.3 is 5.97 Å². The van der Waals surface area contributed by atoms with Crippen LogP contribution in [0.1, 0.15) is 23.5 Å². The predicted molar refractivity (Wildman–Crippen MR) is 66.9 cm³/mol. The highest BCUT2D eigenvalue weighted by Gasteiger charge is 2.32. The fraction of sp³-hybridized carbons (Fsp3) is 0.500. The van der Waals surface area contributed by atoms with Gasteiger partial charge in [0.2, 0.25) is 0 Å². The fourth-order valence-electron chi connectivity index (χ4n) is 2.56. The molecule has 0 unspecified atom stereocenters. The highest BCUT2D eigenvalue weighted by Crippen LogP contribution is 2.31. The van der Waals surface area contributed by atoms with E-state index in [1.54, 1.807) is 0 Å². The first-order valence-electron chi connectivity index (χ1n) is 6.07. The molecule has 0 saturated carbocycles. The molecule has 1 N–H and O–H groups in total. The minimum Gasteiger partial charge on any atom is -0.469 e. The van der Waals surface area contributed by atoms with Gasteiger partial charge in [-0.3, -0.25) is 4.79 Å². The topological polar surface area (TPSA) is 38.3 Å². The van der Waals surface area contributed by atoms with Gasteiger partial charge in [-0.15, -0.1) is 0 Å². The van der Waals surface area contributed by atoms with Gasteiger partial charge in [0.25, 0.3) is 0 Å². The molecule has 3 heteroatoms. The lowest BCUT2D eigenvalue weighted by molar-refractivity contribution is -0.146. The zero-order chi connectivity index (χ0) is 12.3. The number of benzene rings is 1. The second kappa shape index (κ2) is 5.32. The molecule has 2 rings (SSSR count). The van der Waals surface area contributed by atoms with Crippen LogP contribution in [0.15, 0.2) is 24.3 Å². The van der Waals surface area contributed by atoms with Crippen molar-refractivity contribution in [3.8, 4) is 0 Å². The number of ether oxygens (including phenoxy) is 1. The van der Waals surface area contributed by atoms with Crippen LogP contribution < -0.4 is 5.32 Å². The highest BCUT2D eigenvalue weighted by atomic mass is 16.5. The van der Waals surface area contributed by atoms with Crippen molar-refractivity contribution < 1.29 is 9.53 Å². The molecular weight excluding hydrogens is 214 g/mol. The Morgan fingerprint density at radius 2 is 2.29 bits per heavy atom. The number of methoxy groups -OCH3 is 1. The van der Waals surface area contributed by atoms with Crippen LogP contribution in [-0.4, -0.2) is 26.2 Å². The van der Waals surface area contributed by atoms with Gasteiger partial charge in [0.1, 0.15) is 0 Å². The smallest absolute Gasteiger partial charge is 0.310 e. The van der Waals surface area contributed by atoms with Crippen molar-refractivity contribution in [2.45, 2.75) is 19.3 Å². The molecule has 92 valence electrons. The first kappa shape index (κ1) is 12.1. The summed E-state index contributed by atoms with van der Waals surface area (Å²) >= 11 is 0. The van der Waals surface area contributed by atoms with Gasteiger partial charge in [0.15, 0.2) is 0 Å². The Kier molecular flexibility index (Phi) is 3.79. The van der Waals surface area contributed by atoms with Gasteiger partial charge in [-0.1, -0.05) is 29.8 Å². The molecule has 2 atom stereocenters. The summed E-state index contributed by atoms with van der Waals surface area (Å²) in [6.07, 6.45) is 0.989. The first-order chi connectivity index (χ1) is 8.22. The highest BCUT2D eigenvalue weighted by molar-refractivity contribution is 5.74. The summed E-state index contributed by atoms with van der Waals surface area (Å²) < 4.78 is 4.89. The van der Waals surface area contributed by atoms with Crippen molar-refractivity contribution in [2.24, 2.45) is 5.92 Å². The number of aryl methyl sites for hydroxylation is 1. The van der Waals surface area contributed by atoms with Crippen LogP contribution in [0.5, 0.6) is 0 Å². The second-order valence-electron chi connectivity index (χ2n) is 4.64. The third-order valence-electron chi connectivity index (χ3n) is 3.46. The van der Waals surface area contributed by atoms with E-state index in [9.17, 15) is 4.79 Å². The Morgan fingerprint density at radius 3 is 3.00 bits per heavy atom. The number of nitrogens with one attached hydrogen (secondary N) is 1. The zero-order valence-corrected chi connectivity index (χ0v) is 10.4. The summed E-state index contributed by atoms with van der Waals surface area (Å²) in [4.78, 5) is 11.8. The molecule has 0 amide bonds. The van der Waals surface area contributed by atoms with Gasteiger partial charge in [-0.05, 0) is 31.4 Å². The molecular formula is C14H19NO2. The maximum absolute atomic E-state index is 11.8. The quantitative estimate of drug-likeness (QED) is 0.792. The SMILES string of the molecule is COC(=O)[C@@H]1CNCC[C@H]1c1cccc(C)c1. The molecule has 17 heavy (non-hydrogen) atoms. The summed E-state index contributed by atoms with van der Waals surface area (Å²) in [5.41, 5.74) is 2.49. The average Bonchev–Trinajstić information content (AvgIpc) is 2.38. The van der Waals surface area contributed by atoms with E-state index >= 15 is 0 Å². The number of piperidine rings is 1. The maximum Gasteiger partial charge on any atom is 0.310 e. The first-order valence-corrected chi connectivity index (χ1v) is 6.07. The summed E-state index contributed by atoms with van der Waals surface area (Å²) in [7, 11) is 1.46. The van der Waals surface area contributed by atoms with Crippen molar-refractivity contribution in [2.75, 3.05) is 20.2 Å². The van der Waals surface area contributed by atoms with E-state index in [1.807, 2.05) is 0 Å². The van der Waals surface area contributed by atoms with Gasteiger partial charge in [0.05, 0.1) is 13.0 Å². The van der Waals surface area contributed by atoms with Crippen LogP contribution in [0.25, 0.3) is 0 Å². The standard InChI is InChI=1S/C14H19NO2/c1-10-4-3-5-11(8-10)12-6-7-15-9-13(12)14(16)17-2/h3-5,8,12-13,15H,6-7,9H2,1-2H3/t12-,13+/m0/s1. The van der Waals surface area contributed by atoms with Crippen LogP contribution in [0.2, 0.25) is 0 Å². The lowest BCUT2D eigenvalue weighted by atomic mass is 9.81.